The van der Waals surface area contributed by atoms with Crippen LogP contribution in [-0.4, -0.2) is 11.2 Å². The minimum atomic E-state index is -0.562. The summed E-state index contributed by atoms with van der Waals surface area (Å²) in [5.74, 6) is 0.152. The Morgan fingerprint density at radius 3 is 2.45 bits per heavy atom. The van der Waals surface area contributed by atoms with Crippen LogP contribution in [0.4, 0.5) is 5.69 Å². The molecule has 0 radical (unpaired) electrons. The molecule has 2 rings (SSSR count). The third kappa shape index (κ3) is 3.65. The zero-order valence-corrected chi connectivity index (χ0v) is 9.98. The van der Waals surface area contributed by atoms with Gasteiger partial charge in [0, 0.05) is 11.6 Å². The summed E-state index contributed by atoms with van der Waals surface area (Å²) in [5.41, 5.74) is 0.954. The van der Waals surface area contributed by atoms with E-state index in [0.717, 1.165) is 5.56 Å². The summed E-state index contributed by atoms with van der Waals surface area (Å²) in [6.07, 6.45) is 0.563. The maximum absolute atomic E-state index is 10.9. The third-order valence-corrected chi connectivity index (χ3v) is 2.55. The van der Waals surface area contributed by atoms with Gasteiger partial charge in [-0.1, -0.05) is 37.8 Å². The van der Waals surface area contributed by atoms with E-state index < -0.39 is 4.92 Å². The molecule has 0 aliphatic carbocycles. The van der Waals surface area contributed by atoms with E-state index in [0.29, 0.717) is 6.29 Å². The van der Waals surface area contributed by atoms with Gasteiger partial charge in [-0.3, -0.25) is 14.9 Å². The van der Waals surface area contributed by atoms with Crippen LogP contribution in [0.3, 0.4) is 0 Å². The van der Waals surface area contributed by atoms with Gasteiger partial charge < -0.3 is 4.74 Å². The van der Waals surface area contributed by atoms with Crippen molar-refractivity contribution in [3.8, 4) is 5.75 Å². The average Bonchev–Trinajstić information content (AvgIpc) is 2.46. The second-order valence-corrected chi connectivity index (χ2v) is 3.88. The van der Waals surface area contributed by atoms with Crippen molar-refractivity contribution in [1.29, 1.82) is 0 Å². The monoisotopic (exact) mass is 273 g/mol. The Labute approximate surface area is 117 Å². The lowest BCUT2D eigenvalue weighted by Crippen LogP contribution is -1.99. The largest absolute Gasteiger partial charge is 0.482 e. The predicted octanol–water partition coefficient (Wildman–Crippen LogP) is 3.62. The fourth-order valence-corrected chi connectivity index (χ4v) is 1.61. The molecule has 0 aliphatic rings. The third-order valence-electron chi connectivity index (χ3n) is 2.55. The topological polar surface area (TPSA) is 69.4 Å². The first-order valence-electron chi connectivity index (χ1n) is 5.61. The summed E-state index contributed by atoms with van der Waals surface area (Å²) in [5, 5.41) is 10.9. The highest BCUT2D eigenvalue weighted by molar-refractivity contribution is 5.77. The van der Waals surface area contributed by atoms with Crippen molar-refractivity contribution in [3.63, 3.8) is 0 Å². The molecule has 0 heterocycles. The summed E-state index contributed by atoms with van der Waals surface area (Å²) >= 11 is 0. The molecule has 5 nitrogen and oxygen atoms in total. The molecule has 0 N–H and O–H groups in total. The van der Waals surface area contributed by atoms with Gasteiger partial charge in [0.1, 0.15) is 12.9 Å². The fraction of sp³-hybridized carbons (Fsp3) is 0.133. The second kappa shape index (κ2) is 7.04. The zero-order valence-electron chi connectivity index (χ0n) is 9.98. The number of benzene rings is 2. The van der Waals surface area contributed by atoms with E-state index in [9.17, 15) is 14.9 Å². The predicted molar refractivity (Wildman–Crippen MR) is 76.0 cm³/mol. The van der Waals surface area contributed by atoms with Gasteiger partial charge in [0.05, 0.1) is 4.92 Å². The van der Waals surface area contributed by atoms with E-state index in [-0.39, 0.29) is 31.0 Å². The number of carbonyl (C=O) groups is 1. The van der Waals surface area contributed by atoms with Crippen molar-refractivity contribution in [2.75, 3.05) is 0 Å². The van der Waals surface area contributed by atoms with Gasteiger partial charge in [-0.05, 0) is 17.7 Å². The van der Waals surface area contributed by atoms with Crippen LogP contribution in [-0.2, 0) is 6.61 Å². The second-order valence-electron chi connectivity index (χ2n) is 3.88. The van der Waals surface area contributed by atoms with Crippen LogP contribution >= 0.6 is 0 Å². The van der Waals surface area contributed by atoms with Crippen LogP contribution in [0.2, 0.25) is 0 Å². The number of nitrogens with zero attached hydrogens (tertiary/aromatic N) is 1. The van der Waals surface area contributed by atoms with Crippen LogP contribution < -0.4 is 4.74 Å². The highest BCUT2D eigenvalue weighted by Crippen LogP contribution is 2.28. The Balaban J connectivity index is 0.00000200. The fourth-order valence-electron chi connectivity index (χ4n) is 1.61. The summed E-state index contributed by atoms with van der Waals surface area (Å²) in [4.78, 5) is 21.0. The van der Waals surface area contributed by atoms with Gasteiger partial charge in [-0.2, -0.15) is 0 Å². The van der Waals surface area contributed by atoms with Crippen LogP contribution in [0.1, 0.15) is 23.3 Å². The highest BCUT2D eigenvalue weighted by atomic mass is 16.6. The van der Waals surface area contributed by atoms with Crippen molar-refractivity contribution >= 4 is 12.0 Å². The summed E-state index contributed by atoms with van der Waals surface area (Å²) in [6.45, 7) is 0.238. The van der Waals surface area contributed by atoms with Gasteiger partial charge in [0.2, 0.25) is 0 Å². The maximum Gasteiger partial charge on any atom is 0.311 e. The molecule has 0 aliphatic heterocycles. The molecule has 104 valence electrons. The number of hydrogen-bond acceptors (Lipinski definition) is 4. The Bertz CT molecular complexity index is 596. The number of rotatable bonds is 5. The summed E-state index contributed by atoms with van der Waals surface area (Å²) in [6, 6.07) is 13.5. The Hall–Kier alpha value is -2.69. The van der Waals surface area contributed by atoms with Crippen LogP contribution in [0, 0.1) is 10.1 Å². The molecule has 0 unspecified atom stereocenters. The van der Waals surface area contributed by atoms with Crippen molar-refractivity contribution in [1.82, 2.24) is 0 Å². The molecule has 5 heteroatoms. The smallest absolute Gasteiger partial charge is 0.311 e. The normalized spacial score (nSPS) is 9.40. The Kier molecular flexibility index (Phi) is 5.41. The molecule has 0 spiro atoms. The zero-order chi connectivity index (χ0) is 13.7. The standard InChI is InChI=1S/C14H11NO4.CH4/c16-9-12-6-7-14(13(8-12)15(17)18)19-10-11-4-2-1-3-5-11;/h1-9H,10H2;1H4. The van der Waals surface area contributed by atoms with Gasteiger partial charge in [0.15, 0.2) is 5.75 Å². The van der Waals surface area contributed by atoms with Crippen LogP contribution in [0.5, 0.6) is 5.75 Å². The van der Waals surface area contributed by atoms with E-state index in [2.05, 4.69) is 0 Å². The van der Waals surface area contributed by atoms with Crippen molar-refractivity contribution in [2.45, 2.75) is 14.0 Å². The molecular formula is C15H15NO4. The van der Waals surface area contributed by atoms with Crippen molar-refractivity contribution in [3.05, 3.63) is 69.8 Å². The lowest BCUT2D eigenvalue weighted by molar-refractivity contribution is -0.386. The lowest BCUT2D eigenvalue weighted by atomic mass is 10.2. The van der Waals surface area contributed by atoms with E-state index in [1.807, 2.05) is 30.3 Å². The number of nitro benzene ring substituents is 1. The number of carbonyl (C=O) groups excluding carboxylic acids is 1. The van der Waals surface area contributed by atoms with Gasteiger partial charge in [-0.25, -0.2) is 0 Å². The Morgan fingerprint density at radius 2 is 1.85 bits per heavy atom. The molecule has 0 saturated carbocycles. The summed E-state index contributed by atoms with van der Waals surface area (Å²) in [7, 11) is 0. The SMILES string of the molecule is C.O=Cc1ccc(OCc2ccccc2)c([N+](=O)[O-])c1. The molecule has 2 aromatic carbocycles. The minimum Gasteiger partial charge on any atom is -0.482 e. The van der Waals surface area contributed by atoms with Crippen LogP contribution in [0.15, 0.2) is 48.5 Å². The molecule has 20 heavy (non-hydrogen) atoms. The van der Waals surface area contributed by atoms with Crippen molar-refractivity contribution in [2.24, 2.45) is 0 Å². The Morgan fingerprint density at radius 1 is 1.15 bits per heavy atom. The number of nitro groups is 1. The number of ether oxygens (including phenoxy) is 1. The molecular weight excluding hydrogens is 258 g/mol. The number of aldehydes is 1. The van der Waals surface area contributed by atoms with Gasteiger partial charge in [0.25, 0.3) is 0 Å². The lowest BCUT2D eigenvalue weighted by Gasteiger charge is -2.07. The molecule has 0 atom stereocenters. The molecule has 0 saturated heterocycles. The summed E-state index contributed by atoms with van der Waals surface area (Å²) < 4.78 is 5.43. The van der Waals surface area contributed by atoms with E-state index in [1.165, 1.54) is 18.2 Å². The quantitative estimate of drug-likeness (QED) is 0.474. The van der Waals surface area contributed by atoms with Crippen LogP contribution in [0.25, 0.3) is 0 Å². The van der Waals surface area contributed by atoms with E-state index in [1.54, 1.807) is 0 Å². The molecule has 0 amide bonds. The molecule has 0 fully saturated rings. The first kappa shape index (κ1) is 15.4. The van der Waals surface area contributed by atoms with Gasteiger partial charge >= 0.3 is 5.69 Å². The first-order valence-corrected chi connectivity index (χ1v) is 5.61. The number of hydrogen-bond donors (Lipinski definition) is 0. The highest BCUT2D eigenvalue weighted by Gasteiger charge is 2.15. The molecule has 0 bridgehead atoms. The van der Waals surface area contributed by atoms with Crippen molar-refractivity contribution < 1.29 is 14.5 Å². The average molecular weight is 273 g/mol. The minimum absolute atomic E-state index is 0. The first-order chi connectivity index (χ1) is 9.20. The molecule has 0 aromatic heterocycles. The van der Waals surface area contributed by atoms with Gasteiger partial charge in [-0.15, -0.1) is 0 Å². The van der Waals surface area contributed by atoms with E-state index >= 15 is 0 Å². The molecule has 2 aromatic rings. The van der Waals surface area contributed by atoms with E-state index in [4.69, 9.17) is 4.74 Å². The maximum atomic E-state index is 10.9.